The first-order valence-electron chi connectivity index (χ1n) is 5.59. The van der Waals surface area contributed by atoms with Gasteiger partial charge in [0.25, 0.3) is 0 Å². The van der Waals surface area contributed by atoms with Crippen LogP contribution in [0.1, 0.15) is 19.0 Å². The molecule has 5 nitrogen and oxygen atoms in total. The zero-order valence-electron chi connectivity index (χ0n) is 9.46. The van der Waals surface area contributed by atoms with Gasteiger partial charge in [0.05, 0.1) is 18.4 Å². The van der Waals surface area contributed by atoms with Crippen molar-refractivity contribution in [3.05, 3.63) is 17.8 Å². The second-order valence-electron chi connectivity index (χ2n) is 4.02. The number of anilines is 1. The molecule has 0 radical (unpaired) electrons. The lowest BCUT2D eigenvalue weighted by atomic mass is 10.3. The van der Waals surface area contributed by atoms with Crippen LogP contribution in [0.15, 0.2) is 12.1 Å². The van der Waals surface area contributed by atoms with Crippen molar-refractivity contribution in [1.29, 1.82) is 0 Å². The Bertz CT molecular complexity index is 329. The number of hydrogen-bond acceptors (Lipinski definition) is 5. The maximum absolute atomic E-state index is 8.89. The average molecular weight is 223 g/mol. The van der Waals surface area contributed by atoms with Crippen LogP contribution in [-0.2, 0) is 11.3 Å². The molecule has 1 aliphatic heterocycles. The Morgan fingerprint density at radius 1 is 1.50 bits per heavy atom. The highest BCUT2D eigenvalue weighted by molar-refractivity contribution is 5.37. The van der Waals surface area contributed by atoms with Crippen molar-refractivity contribution < 1.29 is 9.84 Å². The summed E-state index contributed by atoms with van der Waals surface area (Å²) in [6.45, 7) is 4.59. The largest absolute Gasteiger partial charge is 0.390 e. The predicted octanol–water partition coefficient (Wildman–Crippen LogP) is 0.584. The predicted molar refractivity (Wildman–Crippen MR) is 60.2 cm³/mol. The lowest BCUT2D eigenvalue weighted by Crippen LogP contribution is -2.31. The van der Waals surface area contributed by atoms with Gasteiger partial charge in [-0.1, -0.05) is 0 Å². The minimum atomic E-state index is -0.0627. The zero-order valence-corrected chi connectivity index (χ0v) is 9.46. The van der Waals surface area contributed by atoms with E-state index in [2.05, 4.69) is 22.0 Å². The molecular formula is C11H17N3O2. The highest BCUT2D eigenvalue weighted by Crippen LogP contribution is 2.14. The molecule has 2 heterocycles. The molecule has 0 aromatic carbocycles. The Balaban J connectivity index is 2.09. The van der Waals surface area contributed by atoms with E-state index in [1.807, 2.05) is 6.07 Å². The van der Waals surface area contributed by atoms with Gasteiger partial charge in [0.1, 0.15) is 0 Å². The molecular weight excluding hydrogens is 206 g/mol. The molecule has 1 aliphatic rings. The molecule has 1 saturated heterocycles. The van der Waals surface area contributed by atoms with E-state index in [1.165, 1.54) is 0 Å². The monoisotopic (exact) mass is 223 g/mol. The summed E-state index contributed by atoms with van der Waals surface area (Å²) in [7, 11) is 0. The lowest BCUT2D eigenvalue weighted by Gasteiger charge is -2.22. The van der Waals surface area contributed by atoms with Crippen LogP contribution >= 0.6 is 0 Å². The number of aliphatic hydroxyl groups is 1. The van der Waals surface area contributed by atoms with E-state index < -0.39 is 0 Å². The molecule has 0 bridgehead atoms. The molecule has 0 amide bonds. The molecule has 1 fully saturated rings. The van der Waals surface area contributed by atoms with E-state index >= 15 is 0 Å². The topological polar surface area (TPSA) is 58.5 Å². The highest BCUT2D eigenvalue weighted by Gasteiger charge is 2.16. The van der Waals surface area contributed by atoms with E-state index in [0.29, 0.717) is 5.69 Å². The first-order valence-corrected chi connectivity index (χ1v) is 5.59. The summed E-state index contributed by atoms with van der Waals surface area (Å²) in [5.41, 5.74) is 0.600. The molecule has 0 aliphatic carbocycles. The molecule has 1 aromatic rings. The van der Waals surface area contributed by atoms with Crippen LogP contribution in [0.3, 0.4) is 0 Å². The van der Waals surface area contributed by atoms with E-state index in [1.54, 1.807) is 6.07 Å². The van der Waals surface area contributed by atoms with E-state index in [4.69, 9.17) is 9.84 Å². The molecule has 1 aromatic heterocycles. The number of nitrogens with zero attached hydrogens (tertiary/aromatic N) is 3. The maximum Gasteiger partial charge on any atom is 0.151 e. The van der Waals surface area contributed by atoms with E-state index in [0.717, 1.165) is 31.9 Å². The quantitative estimate of drug-likeness (QED) is 0.795. The van der Waals surface area contributed by atoms with Crippen molar-refractivity contribution in [3.8, 4) is 0 Å². The number of hydrogen-bond donors (Lipinski definition) is 1. The fourth-order valence-electron chi connectivity index (χ4n) is 1.81. The summed E-state index contributed by atoms with van der Waals surface area (Å²) in [4.78, 5) is 2.17. The van der Waals surface area contributed by atoms with E-state index in [9.17, 15) is 0 Å². The molecule has 0 spiro atoms. The number of ether oxygens (including phenoxy) is 1. The first-order chi connectivity index (χ1) is 7.79. The van der Waals surface area contributed by atoms with Crippen LogP contribution in [-0.4, -0.2) is 41.1 Å². The Labute approximate surface area is 95.1 Å². The van der Waals surface area contributed by atoms with Gasteiger partial charge in [-0.2, -0.15) is 5.10 Å². The van der Waals surface area contributed by atoms with E-state index in [-0.39, 0.29) is 12.7 Å². The third-order valence-electron chi connectivity index (χ3n) is 2.64. The van der Waals surface area contributed by atoms with Crippen LogP contribution in [0.25, 0.3) is 0 Å². The normalized spacial score (nSPS) is 21.9. The van der Waals surface area contributed by atoms with Crippen LogP contribution in [0.4, 0.5) is 5.82 Å². The van der Waals surface area contributed by atoms with Crippen molar-refractivity contribution in [2.45, 2.75) is 26.1 Å². The molecule has 1 atom stereocenters. The van der Waals surface area contributed by atoms with Gasteiger partial charge in [0.15, 0.2) is 5.82 Å². The van der Waals surface area contributed by atoms with Crippen molar-refractivity contribution in [1.82, 2.24) is 10.2 Å². The average Bonchev–Trinajstić information content (AvgIpc) is 2.54. The Morgan fingerprint density at radius 3 is 3.06 bits per heavy atom. The van der Waals surface area contributed by atoms with Crippen molar-refractivity contribution in [2.75, 3.05) is 24.6 Å². The molecule has 16 heavy (non-hydrogen) atoms. The second kappa shape index (κ2) is 5.23. The zero-order chi connectivity index (χ0) is 11.4. The van der Waals surface area contributed by atoms with Gasteiger partial charge >= 0.3 is 0 Å². The Kier molecular flexibility index (Phi) is 3.69. The summed E-state index contributed by atoms with van der Waals surface area (Å²) in [5.74, 6) is 0.856. The van der Waals surface area contributed by atoms with Gasteiger partial charge in [0, 0.05) is 19.7 Å². The smallest absolute Gasteiger partial charge is 0.151 e. The van der Waals surface area contributed by atoms with Gasteiger partial charge in [-0.15, -0.1) is 5.10 Å². The van der Waals surface area contributed by atoms with Crippen molar-refractivity contribution in [3.63, 3.8) is 0 Å². The highest BCUT2D eigenvalue weighted by atomic mass is 16.5. The van der Waals surface area contributed by atoms with Crippen LogP contribution < -0.4 is 4.90 Å². The Morgan fingerprint density at radius 2 is 2.38 bits per heavy atom. The standard InChI is InChI=1S/C11H17N3O2/c1-9-7-14(5-2-6-16-9)11-4-3-10(8-15)12-13-11/h3-4,9,15H,2,5-8H2,1H3. The number of aromatic nitrogens is 2. The molecule has 1 unspecified atom stereocenters. The first kappa shape index (κ1) is 11.3. The van der Waals surface area contributed by atoms with Crippen molar-refractivity contribution >= 4 is 5.82 Å². The summed E-state index contributed by atoms with van der Waals surface area (Å²) in [5, 5.41) is 16.9. The third kappa shape index (κ3) is 2.68. The SMILES string of the molecule is CC1CN(c2ccc(CO)nn2)CCCO1. The Hall–Kier alpha value is -1.20. The minimum absolute atomic E-state index is 0.0627. The van der Waals surface area contributed by atoms with Gasteiger partial charge in [0.2, 0.25) is 0 Å². The van der Waals surface area contributed by atoms with Crippen LogP contribution in [0.5, 0.6) is 0 Å². The molecule has 2 rings (SSSR count). The lowest BCUT2D eigenvalue weighted by molar-refractivity contribution is 0.0820. The summed E-state index contributed by atoms with van der Waals surface area (Å²) in [6.07, 6.45) is 1.23. The summed E-state index contributed by atoms with van der Waals surface area (Å²) in [6, 6.07) is 3.70. The van der Waals surface area contributed by atoms with Gasteiger partial charge in [-0.25, -0.2) is 0 Å². The third-order valence-corrected chi connectivity index (χ3v) is 2.64. The van der Waals surface area contributed by atoms with Gasteiger partial charge in [-0.05, 0) is 25.5 Å². The number of aliphatic hydroxyl groups excluding tert-OH is 1. The van der Waals surface area contributed by atoms with Gasteiger partial charge in [-0.3, -0.25) is 0 Å². The number of rotatable bonds is 2. The fraction of sp³-hybridized carbons (Fsp3) is 0.636. The molecule has 5 heteroatoms. The van der Waals surface area contributed by atoms with Crippen LogP contribution in [0.2, 0.25) is 0 Å². The second-order valence-corrected chi connectivity index (χ2v) is 4.02. The summed E-state index contributed by atoms with van der Waals surface area (Å²) < 4.78 is 5.57. The summed E-state index contributed by atoms with van der Waals surface area (Å²) >= 11 is 0. The molecule has 0 saturated carbocycles. The van der Waals surface area contributed by atoms with Gasteiger partial charge < -0.3 is 14.7 Å². The van der Waals surface area contributed by atoms with Crippen molar-refractivity contribution in [2.24, 2.45) is 0 Å². The molecule has 88 valence electrons. The molecule has 1 N–H and O–H groups in total. The maximum atomic E-state index is 8.89. The fourth-order valence-corrected chi connectivity index (χ4v) is 1.81. The van der Waals surface area contributed by atoms with Crippen LogP contribution in [0, 0.1) is 0 Å². The minimum Gasteiger partial charge on any atom is -0.390 e.